The van der Waals surface area contributed by atoms with Gasteiger partial charge in [-0.25, -0.2) is 0 Å². The van der Waals surface area contributed by atoms with Crippen LogP contribution in [0.2, 0.25) is 5.04 Å². The maximum atomic E-state index is 7.14. The molecule has 0 radical (unpaired) electrons. The van der Waals surface area contributed by atoms with Gasteiger partial charge in [0.15, 0.2) is 5.79 Å². The number of hydrogen-bond donors (Lipinski definition) is 0. The molecule has 1 saturated heterocycles. The minimum atomic E-state index is -2.64. The van der Waals surface area contributed by atoms with E-state index in [1.807, 2.05) is 32.0 Å². The number of rotatable bonds is 10. The van der Waals surface area contributed by atoms with Crippen LogP contribution in [0.3, 0.4) is 0 Å². The SMILES string of the molecule is CC1(C)O[C@H](CCOCc2ccccc2)[C@@H](CO[Si](c2ccccc2)(c2ccccc2)C(C)(C)C)O1. The molecule has 1 aliphatic heterocycles. The molecule has 0 spiro atoms. The highest BCUT2D eigenvalue weighted by molar-refractivity contribution is 6.99. The summed E-state index contributed by atoms with van der Waals surface area (Å²) in [4.78, 5) is 0. The molecule has 0 amide bonds. The van der Waals surface area contributed by atoms with Crippen LogP contribution in [-0.2, 0) is 25.2 Å². The molecule has 0 aliphatic carbocycles. The summed E-state index contributed by atoms with van der Waals surface area (Å²) in [5.41, 5.74) is 1.17. The molecule has 4 rings (SSSR count). The Morgan fingerprint density at radius 2 is 1.25 bits per heavy atom. The lowest BCUT2D eigenvalue weighted by Gasteiger charge is -2.43. The Kier molecular flexibility index (Phi) is 8.48. The van der Waals surface area contributed by atoms with Gasteiger partial charge in [-0.3, -0.25) is 0 Å². The Hall–Kier alpha value is -2.28. The highest BCUT2D eigenvalue weighted by Gasteiger charge is 2.51. The van der Waals surface area contributed by atoms with Crippen LogP contribution in [-0.4, -0.2) is 39.5 Å². The summed E-state index contributed by atoms with van der Waals surface area (Å²) >= 11 is 0. The average Bonchev–Trinajstić information content (AvgIpc) is 3.16. The summed E-state index contributed by atoms with van der Waals surface area (Å²) < 4.78 is 25.8. The van der Waals surface area contributed by atoms with E-state index in [9.17, 15) is 0 Å². The van der Waals surface area contributed by atoms with E-state index in [1.54, 1.807) is 0 Å². The monoisotopic (exact) mass is 504 g/mol. The van der Waals surface area contributed by atoms with Crippen molar-refractivity contribution in [2.45, 2.75) is 70.7 Å². The molecule has 0 saturated carbocycles. The topological polar surface area (TPSA) is 36.9 Å². The van der Waals surface area contributed by atoms with Gasteiger partial charge in [0.2, 0.25) is 0 Å². The summed E-state index contributed by atoms with van der Waals surface area (Å²) in [5.74, 6) is -0.649. The molecule has 5 heteroatoms. The third kappa shape index (κ3) is 6.16. The average molecular weight is 505 g/mol. The normalized spacial score (nSPS) is 19.9. The first-order valence-electron chi connectivity index (χ1n) is 12.9. The van der Waals surface area contributed by atoms with Gasteiger partial charge in [0.05, 0.1) is 19.3 Å². The fraction of sp³-hybridized carbons (Fsp3) is 0.419. The van der Waals surface area contributed by atoms with E-state index in [1.165, 1.54) is 15.9 Å². The molecular formula is C31H40O4Si. The van der Waals surface area contributed by atoms with Crippen LogP contribution in [0.5, 0.6) is 0 Å². The van der Waals surface area contributed by atoms with Crippen LogP contribution in [0.25, 0.3) is 0 Å². The summed E-state index contributed by atoms with van der Waals surface area (Å²) in [6.07, 6.45) is 0.501. The van der Waals surface area contributed by atoms with Gasteiger partial charge in [-0.2, -0.15) is 0 Å². The van der Waals surface area contributed by atoms with Crippen molar-refractivity contribution in [3.05, 3.63) is 96.6 Å². The molecule has 0 unspecified atom stereocenters. The second-order valence-electron chi connectivity index (χ2n) is 11.0. The van der Waals surface area contributed by atoms with Crippen molar-refractivity contribution in [1.29, 1.82) is 0 Å². The number of ether oxygens (including phenoxy) is 3. The van der Waals surface area contributed by atoms with Crippen LogP contribution >= 0.6 is 0 Å². The molecule has 1 aliphatic rings. The molecular weight excluding hydrogens is 464 g/mol. The van der Waals surface area contributed by atoms with Crippen LogP contribution in [0, 0.1) is 0 Å². The number of hydrogen-bond acceptors (Lipinski definition) is 4. The zero-order valence-corrected chi connectivity index (χ0v) is 23.3. The first-order valence-corrected chi connectivity index (χ1v) is 14.8. The Morgan fingerprint density at radius 3 is 1.78 bits per heavy atom. The minimum Gasteiger partial charge on any atom is -0.405 e. The van der Waals surface area contributed by atoms with Crippen molar-refractivity contribution in [1.82, 2.24) is 0 Å². The zero-order chi connectivity index (χ0) is 25.7. The lowest BCUT2D eigenvalue weighted by Crippen LogP contribution is -2.67. The Labute approximate surface area is 217 Å². The Balaban J connectivity index is 1.52. The predicted octanol–water partition coefficient (Wildman–Crippen LogP) is 5.69. The molecule has 3 aromatic carbocycles. The van der Waals surface area contributed by atoms with Gasteiger partial charge in [0.1, 0.15) is 6.10 Å². The van der Waals surface area contributed by atoms with Crippen LogP contribution < -0.4 is 10.4 Å². The summed E-state index contributed by atoms with van der Waals surface area (Å²) in [6, 6.07) is 31.7. The molecule has 36 heavy (non-hydrogen) atoms. The first-order chi connectivity index (χ1) is 17.2. The van der Waals surface area contributed by atoms with Crippen molar-refractivity contribution in [3.63, 3.8) is 0 Å². The fourth-order valence-electron chi connectivity index (χ4n) is 5.23. The van der Waals surface area contributed by atoms with E-state index in [0.29, 0.717) is 19.8 Å². The maximum Gasteiger partial charge on any atom is 0.261 e. The molecule has 3 aromatic rings. The Bertz CT molecular complexity index is 1020. The maximum absolute atomic E-state index is 7.14. The molecule has 0 bridgehead atoms. The van der Waals surface area contributed by atoms with Gasteiger partial charge >= 0.3 is 0 Å². The molecule has 1 heterocycles. The van der Waals surface area contributed by atoms with Crippen molar-refractivity contribution in [2.24, 2.45) is 0 Å². The standard InChI is InChI=1S/C31H40O4Si/c1-30(2,3)36(26-17-11-7-12-18-26,27-19-13-8-14-20-27)33-24-29-28(34-31(4,5)35-29)21-22-32-23-25-15-9-6-10-16-25/h6-20,28-29H,21-24H2,1-5H3/t28-,29-/m1/s1. The predicted molar refractivity (Wildman–Crippen MR) is 148 cm³/mol. The third-order valence-corrected chi connectivity index (χ3v) is 11.8. The van der Waals surface area contributed by atoms with Crippen molar-refractivity contribution < 1.29 is 18.6 Å². The molecule has 0 N–H and O–H groups in total. The summed E-state index contributed by atoms with van der Waals surface area (Å²) in [6.45, 7) is 12.5. The van der Waals surface area contributed by atoms with E-state index >= 15 is 0 Å². The molecule has 1 fully saturated rings. The molecule has 4 nitrogen and oxygen atoms in total. The van der Waals surface area contributed by atoms with Crippen molar-refractivity contribution >= 4 is 18.7 Å². The van der Waals surface area contributed by atoms with Gasteiger partial charge in [0, 0.05) is 6.61 Å². The largest absolute Gasteiger partial charge is 0.405 e. The fourth-order valence-corrected chi connectivity index (χ4v) is 9.80. The second kappa shape index (κ2) is 11.4. The van der Waals surface area contributed by atoms with E-state index in [0.717, 1.165) is 6.42 Å². The smallest absolute Gasteiger partial charge is 0.261 e. The summed E-state index contributed by atoms with van der Waals surface area (Å²) in [7, 11) is -2.64. The summed E-state index contributed by atoms with van der Waals surface area (Å²) in [5, 5.41) is 2.45. The van der Waals surface area contributed by atoms with E-state index in [-0.39, 0.29) is 17.2 Å². The van der Waals surface area contributed by atoms with Gasteiger partial charge in [-0.05, 0) is 41.2 Å². The highest BCUT2D eigenvalue weighted by atomic mass is 28.4. The van der Waals surface area contributed by atoms with E-state index < -0.39 is 14.1 Å². The minimum absolute atomic E-state index is 0.0843. The number of benzene rings is 3. The van der Waals surface area contributed by atoms with E-state index in [2.05, 4.69) is 93.6 Å². The van der Waals surface area contributed by atoms with E-state index in [4.69, 9.17) is 18.6 Å². The van der Waals surface area contributed by atoms with Crippen LogP contribution in [0.4, 0.5) is 0 Å². The van der Waals surface area contributed by atoms with Gasteiger partial charge in [-0.15, -0.1) is 0 Å². The van der Waals surface area contributed by atoms with Crippen LogP contribution in [0.15, 0.2) is 91.0 Å². The van der Waals surface area contributed by atoms with Gasteiger partial charge in [-0.1, -0.05) is 112 Å². The third-order valence-electron chi connectivity index (χ3n) is 6.82. The van der Waals surface area contributed by atoms with Gasteiger partial charge in [0.25, 0.3) is 8.32 Å². The molecule has 192 valence electrons. The van der Waals surface area contributed by atoms with Gasteiger partial charge < -0.3 is 18.6 Å². The molecule has 2 atom stereocenters. The van der Waals surface area contributed by atoms with Crippen LogP contribution in [0.1, 0.15) is 46.6 Å². The molecule has 0 aromatic heterocycles. The zero-order valence-electron chi connectivity index (χ0n) is 22.3. The quantitative estimate of drug-likeness (QED) is 0.263. The lowest BCUT2D eigenvalue weighted by molar-refractivity contribution is -0.149. The van der Waals surface area contributed by atoms with Crippen molar-refractivity contribution in [3.8, 4) is 0 Å². The second-order valence-corrected chi connectivity index (χ2v) is 15.3. The first kappa shape index (κ1) is 26.8. The van der Waals surface area contributed by atoms with Crippen molar-refractivity contribution in [2.75, 3.05) is 13.2 Å². The highest BCUT2D eigenvalue weighted by Crippen LogP contribution is 2.38. The Morgan fingerprint density at radius 1 is 0.750 bits per heavy atom. The lowest BCUT2D eigenvalue weighted by atomic mass is 10.1.